The number of rotatable bonds is 6. The zero-order chi connectivity index (χ0) is 14.6. The normalized spacial score (nSPS) is 17.9. The first-order chi connectivity index (χ1) is 9.52. The van der Waals surface area contributed by atoms with Crippen molar-refractivity contribution < 1.29 is 4.39 Å². The highest BCUT2D eigenvalue weighted by atomic mass is 35.5. The second-order valence-electron chi connectivity index (χ2n) is 6.62. The summed E-state index contributed by atoms with van der Waals surface area (Å²) in [5, 5.41) is 3.76. The van der Waals surface area contributed by atoms with E-state index in [9.17, 15) is 4.39 Å². The lowest BCUT2D eigenvalue weighted by atomic mass is 9.78. The van der Waals surface area contributed by atoms with Gasteiger partial charge in [-0.25, -0.2) is 4.39 Å². The molecule has 20 heavy (non-hydrogen) atoms. The van der Waals surface area contributed by atoms with Crippen LogP contribution in [0.1, 0.15) is 51.5 Å². The average molecular weight is 298 g/mol. The first-order valence-electron chi connectivity index (χ1n) is 7.66. The molecular formula is C17H25ClFN. The Labute approximate surface area is 126 Å². The van der Waals surface area contributed by atoms with Crippen LogP contribution in [0, 0.1) is 17.2 Å². The van der Waals surface area contributed by atoms with Gasteiger partial charge in [-0.3, -0.25) is 0 Å². The van der Waals surface area contributed by atoms with Crippen LogP contribution in [0.15, 0.2) is 18.2 Å². The zero-order valence-electron chi connectivity index (χ0n) is 12.5. The fourth-order valence-electron chi connectivity index (χ4n) is 3.59. The molecule has 0 atom stereocenters. The fourth-order valence-corrected chi connectivity index (χ4v) is 3.78. The molecule has 2 rings (SSSR count). The summed E-state index contributed by atoms with van der Waals surface area (Å²) < 4.78 is 13.4. The van der Waals surface area contributed by atoms with Crippen molar-refractivity contribution in [1.29, 1.82) is 0 Å². The maximum atomic E-state index is 13.4. The minimum atomic E-state index is -0.330. The summed E-state index contributed by atoms with van der Waals surface area (Å²) in [6.07, 6.45) is 6.59. The molecule has 0 unspecified atom stereocenters. The van der Waals surface area contributed by atoms with Crippen molar-refractivity contribution in [2.24, 2.45) is 11.3 Å². The zero-order valence-corrected chi connectivity index (χ0v) is 13.3. The van der Waals surface area contributed by atoms with Crippen molar-refractivity contribution in [3.63, 3.8) is 0 Å². The second kappa shape index (κ2) is 6.91. The Kier molecular flexibility index (Phi) is 5.45. The number of hydrogen-bond acceptors (Lipinski definition) is 1. The summed E-state index contributed by atoms with van der Waals surface area (Å²) in [7, 11) is 0. The first-order valence-corrected chi connectivity index (χ1v) is 8.04. The Hall–Kier alpha value is -0.600. The summed E-state index contributed by atoms with van der Waals surface area (Å²) in [6.45, 7) is 6.25. The number of halogens is 2. The van der Waals surface area contributed by atoms with Crippen LogP contribution >= 0.6 is 11.6 Å². The molecule has 112 valence electrons. The Bertz CT molecular complexity index is 439. The van der Waals surface area contributed by atoms with E-state index in [1.807, 2.05) is 6.07 Å². The molecule has 3 heteroatoms. The van der Waals surface area contributed by atoms with Gasteiger partial charge >= 0.3 is 0 Å². The summed E-state index contributed by atoms with van der Waals surface area (Å²) in [5.74, 6) is 0.399. The van der Waals surface area contributed by atoms with Crippen LogP contribution in [-0.2, 0) is 6.54 Å². The molecule has 0 amide bonds. The molecule has 1 saturated carbocycles. The van der Waals surface area contributed by atoms with Crippen molar-refractivity contribution in [3.8, 4) is 0 Å². The number of hydrogen-bond donors (Lipinski definition) is 1. The van der Waals surface area contributed by atoms with Crippen molar-refractivity contribution >= 4 is 11.6 Å². The third-order valence-electron chi connectivity index (χ3n) is 4.35. The minimum Gasteiger partial charge on any atom is -0.312 e. The molecule has 1 aliphatic rings. The van der Waals surface area contributed by atoms with E-state index in [1.165, 1.54) is 38.2 Å². The van der Waals surface area contributed by atoms with Crippen LogP contribution in [0.4, 0.5) is 4.39 Å². The third-order valence-corrected chi connectivity index (χ3v) is 4.78. The minimum absolute atomic E-state index is 0.254. The van der Waals surface area contributed by atoms with Gasteiger partial charge in [0.05, 0.1) is 5.02 Å². The number of benzene rings is 1. The molecular weight excluding hydrogens is 273 g/mol. The summed E-state index contributed by atoms with van der Waals surface area (Å²) in [6, 6.07) is 5.02. The molecule has 0 spiro atoms. The number of nitrogens with one attached hydrogen (secondary N) is 1. The molecule has 0 bridgehead atoms. The van der Waals surface area contributed by atoms with Crippen molar-refractivity contribution in [2.75, 3.05) is 6.54 Å². The molecule has 1 aromatic rings. The summed E-state index contributed by atoms with van der Waals surface area (Å²) in [5.41, 5.74) is 1.29. The molecule has 0 aromatic heterocycles. The van der Waals surface area contributed by atoms with Gasteiger partial charge in [-0.2, -0.15) is 0 Å². The van der Waals surface area contributed by atoms with Crippen molar-refractivity contribution in [1.82, 2.24) is 5.32 Å². The summed E-state index contributed by atoms with van der Waals surface area (Å²) >= 11 is 5.99. The maximum absolute atomic E-state index is 13.4. The molecule has 0 heterocycles. The second-order valence-corrected chi connectivity index (χ2v) is 7.00. The lowest BCUT2D eigenvalue weighted by Crippen LogP contribution is -2.33. The SMILES string of the molecule is CC(C)CC1(CNCc2cccc(F)c2Cl)CCCC1. The highest BCUT2D eigenvalue weighted by molar-refractivity contribution is 6.31. The van der Waals surface area contributed by atoms with Crippen LogP contribution in [-0.4, -0.2) is 6.54 Å². The highest BCUT2D eigenvalue weighted by Crippen LogP contribution is 2.42. The maximum Gasteiger partial charge on any atom is 0.142 e. The van der Waals surface area contributed by atoms with E-state index in [0.29, 0.717) is 12.0 Å². The van der Waals surface area contributed by atoms with Crippen LogP contribution in [0.25, 0.3) is 0 Å². The Morgan fingerprint density at radius 3 is 2.65 bits per heavy atom. The molecule has 0 radical (unpaired) electrons. The van der Waals surface area contributed by atoms with Gasteiger partial charge in [-0.15, -0.1) is 0 Å². The van der Waals surface area contributed by atoms with E-state index in [2.05, 4.69) is 19.2 Å². The van der Waals surface area contributed by atoms with Gasteiger partial charge in [0.2, 0.25) is 0 Å². The molecule has 1 N–H and O–H groups in total. The Morgan fingerprint density at radius 2 is 2.00 bits per heavy atom. The van der Waals surface area contributed by atoms with Crippen molar-refractivity contribution in [2.45, 2.75) is 52.5 Å². The molecule has 1 nitrogen and oxygen atoms in total. The topological polar surface area (TPSA) is 12.0 Å². The standard InChI is InChI=1S/C17H25ClFN/c1-13(2)10-17(8-3-4-9-17)12-20-11-14-6-5-7-15(19)16(14)18/h5-7,13,20H,3-4,8-12H2,1-2H3. The van der Waals surface area contributed by atoms with E-state index in [0.717, 1.165) is 18.0 Å². The molecule has 0 saturated heterocycles. The van der Waals surface area contributed by atoms with Gasteiger partial charge in [-0.1, -0.05) is 50.4 Å². The molecule has 1 aliphatic carbocycles. The average Bonchev–Trinajstić information content (AvgIpc) is 2.82. The Morgan fingerprint density at radius 1 is 1.30 bits per heavy atom. The summed E-state index contributed by atoms with van der Waals surface area (Å²) in [4.78, 5) is 0. The largest absolute Gasteiger partial charge is 0.312 e. The van der Waals surface area contributed by atoms with Crippen molar-refractivity contribution in [3.05, 3.63) is 34.6 Å². The van der Waals surface area contributed by atoms with Crippen LogP contribution in [0.5, 0.6) is 0 Å². The van der Waals surface area contributed by atoms with Crippen LogP contribution < -0.4 is 5.32 Å². The van der Waals surface area contributed by atoms with Gasteiger partial charge < -0.3 is 5.32 Å². The van der Waals surface area contributed by atoms with E-state index in [4.69, 9.17) is 11.6 Å². The first kappa shape index (κ1) is 15.8. The van der Waals surface area contributed by atoms with E-state index < -0.39 is 0 Å². The molecule has 0 aliphatic heterocycles. The predicted molar refractivity (Wildman–Crippen MR) is 83.5 cm³/mol. The molecule has 1 fully saturated rings. The van der Waals surface area contributed by atoms with Gasteiger partial charge in [-0.05, 0) is 42.2 Å². The molecule has 1 aromatic carbocycles. The van der Waals surface area contributed by atoms with Crippen LogP contribution in [0.3, 0.4) is 0 Å². The Balaban J connectivity index is 1.92. The quantitative estimate of drug-likeness (QED) is 0.763. The van der Waals surface area contributed by atoms with Gasteiger partial charge in [0.25, 0.3) is 0 Å². The monoisotopic (exact) mass is 297 g/mol. The van der Waals surface area contributed by atoms with Gasteiger partial charge in [0, 0.05) is 13.1 Å². The fraction of sp³-hybridized carbons (Fsp3) is 0.647. The van der Waals surface area contributed by atoms with E-state index in [1.54, 1.807) is 6.07 Å². The van der Waals surface area contributed by atoms with Crippen LogP contribution in [0.2, 0.25) is 5.02 Å². The van der Waals surface area contributed by atoms with E-state index >= 15 is 0 Å². The van der Waals surface area contributed by atoms with E-state index in [-0.39, 0.29) is 10.8 Å². The lowest BCUT2D eigenvalue weighted by Gasteiger charge is -2.31. The van der Waals surface area contributed by atoms with Gasteiger partial charge in [0.15, 0.2) is 0 Å². The lowest BCUT2D eigenvalue weighted by molar-refractivity contribution is 0.223. The van der Waals surface area contributed by atoms with Gasteiger partial charge in [0.1, 0.15) is 5.82 Å². The smallest absolute Gasteiger partial charge is 0.142 e. The highest BCUT2D eigenvalue weighted by Gasteiger charge is 2.33. The predicted octanol–water partition coefficient (Wildman–Crippen LogP) is 5.18. The third kappa shape index (κ3) is 3.95.